The third-order valence-corrected chi connectivity index (χ3v) is 26.1. The van der Waals surface area contributed by atoms with E-state index in [-0.39, 0.29) is 87.8 Å². The zero-order valence-electron chi connectivity index (χ0n) is 73.1. The fourth-order valence-corrected chi connectivity index (χ4v) is 18.2. The molecule has 0 unspecified atom stereocenters. The number of aliphatic hydroxyl groups is 8. The van der Waals surface area contributed by atoms with Crippen LogP contribution in [0.2, 0.25) is 0 Å². The lowest BCUT2D eigenvalue weighted by Crippen LogP contribution is -2.62. The second-order valence-electron chi connectivity index (χ2n) is 34.9. The number of hydrogen-bond acceptors (Lipinski definition) is 30. The predicted molar refractivity (Wildman–Crippen MR) is 418 cm³/mol. The molecule has 0 spiro atoms. The van der Waals surface area contributed by atoms with E-state index in [2.05, 4.69) is 0 Å². The molecule has 0 bridgehead atoms. The number of ether oxygens (including phenoxy) is 14. The number of carbonyl (C=O) groups excluding carboxylic acids is 4. The molecule has 6 saturated heterocycles. The van der Waals surface area contributed by atoms with Gasteiger partial charge in [-0.15, -0.1) is 0 Å². The minimum Gasteiger partial charge on any atom is -0.459 e. The van der Waals surface area contributed by atoms with Gasteiger partial charge in [-0.25, -0.2) is 0 Å². The number of amides is 2. The van der Waals surface area contributed by atoms with E-state index in [4.69, 9.17) is 86.3 Å². The van der Waals surface area contributed by atoms with Crippen molar-refractivity contribution in [2.24, 2.45) is 57.7 Å². The van der Waals surface area contributed by atoms with Crippen molar-refractivity contribution >= 4 is 35.2 Å². The maximum Gasteiger partial charge on any atom is 0.311 e. The molecule has 2 amide bonds. The molecule has 0 aromatic heterocycles. The van der Waals surface area contributed by atoms with Crippen LogP contribution in [0.3, 0.4) is 0 Å². The third-order valence-electron chi connectivity index (χ3n) is 26.1. The molecule has 0 saturated carbocycles. The highest BCUT2D eigenvalue weighted by Crippen LogP contribution is 2.46. The summed E-state index contributed by atoms with van der Waals surface area (Å²) in [5.74, 6) is -9.73. The number of nitrogens with zero attached hydrogens (tertiary/aromatic N) is 4. The molecule has 6 fully saturated rings. The monoisotopic (exact) mass is 1630 g/mol. The molecule has 32 heteroatoms. The topological polar surface area (TPSA) is 409 Å². The maximum atomic E-state index is 14.9. The highest BCUT2D eigenvalue weighted by Gasteiger charge is 2.58. The van der Waals surface area contributed by atoms with Gasteiger partial charge >= 0.3 is 11.9 Å². The summed E-state index contributed by atoms with van der Waals surface area (Å²) in [6, 6.07) is -1.47. The Balaban J connectivity index is 1.40. The summed E-state index contributed by atoms with van der Waals surface area (Å²) < 4.78 is 90.9. The molecule has 0 radical (unpaired) electrons. The number of esters is 2. The first kappa shape index (κ1) is 98.6. The van der Waals surface area contributed by atoms with Gasteiger partial charge in [-0.3, -0.25) is 19.2 Å². The summed E-state index contributed by atoms with van der Waals surface area (Å²) in [7, 11) is 9.10. The van der Waals surface area contributed by atoms with E-state index >= 15 is 0 Å². The standard InChI is InChI=1S/C82H144N4O28/c1-29-57-81(21,97)67(91)45(7)61(41(3)37-79(19,101-27)71(113-75-63(89)55(35-43(5)105-75)85(23)53(15)87)47(9)65(49(11)73(95)109-57)111-59-39-77(17,99-25)69(93)51(13)107-59)83-103-33-31-32-34-104-84-62-42(4)38-80(20,102-28)72(114-76-64(90)56(36-44(6)106-76)86(24)54(16)88)48(10)66(112-60-40-78(18,100-26)70(94)52(14)108-60)50(12)74(96)110-58(30-2)82(22,98)68(92)46(62)8/h31-32,41-52,55-60,63-72,75-76,89-94,97-98H,29-30,33-40H2,1-28H3/b32-31+,83-61+,84-62+/t41-,42-,43-,44+,45+,46+,47+,48+,49-,50-,51+,52-,55+,56-,57-,58-,59+,60-,63-,64+,65+,66+,67-,68-,69+,70-,71-,72-,75+,76-,77-,78+,79+,80+,81-,82-/m1/s1. The second-order valence-corrected chi connectivity index (χ2v) is 34.9. The Morgan fingerprint density at radius 3 is 1.08 bits per heavy atom. The van der Waals surface area contributed by atoms with Crippen molar-refractivity contribution in [2.45, 2.75) is 372 Å². The molecule has 36 atom stereocenters. The fraction of sp³-hybridized carbons (Fsp3) is 0.902. The molecule has 0 aromatic rings. The normalized spacial score (nSPS) is 46.4. The van der Waals surface area contributed by atoms with Crippen molar-refractivity contribution < 1.29 is 136 Å². The number of likely N-dealkylation sites (N-methyl/N-ethyl adjacent to an activating group) is 2. The van der Waals surface area contributed by atoms with Gasteiger partial charge in [0.05, 0.1) is 119 Å². The van der Waals surface area contributed by atoms with Gasteiger partial charge in [0.15, 0.2) is 25.2 Å². The van der Waals surface area contributed by atoms with Crippen LogP contribution < -0.4 is 0 Å². The minimum atomic E-state index is -2.11. The van der Waals surface area contributed by atoms with E-state index in [1.807, 2.05) is 13.8 Å². The van der Waals surface area contributed by atoms with Gasteiger partial charge in [-0.05, 0) is 134 Å². The zero-order valence-corrected chi connectivity index (χ0v) is 73.1. The van der Waals surface area contributed by atoms with Crippen molar-refractivity contribution in [3.63, 3.8) is 0 Å². The number of hydrogen-bond donors (Lipinski definition) is 8. The molecule has 114 heavy (non-hydrogen) atoms. The first-order valence-electron chi connectivity index (χ1n) is 40.9. The van der Waals surface area contributed by atoms with Gasteiger partial charge < -0.3 is 127 Å². The lowest BCUT2D eigenvalue weighted by Gasteiger charge is -2.50. The molecular weight excluding hydrogens is 1490 g/mol. The van der Waals surface area contributed by atoms with Crippen LogP contribution in [-0.2, 0) is 95.2 Å². The quantitative estimate of drug-likeness (QED) is 0.0271. The average Bonchev–Trinajstić information content (AvgIpc) is 0.769. The van der Waals surface area contributed by atoms with Gasteiger partial charge in [-0.2, -0.15) is 0 Å². The Bertz CT molecular complexity index is 2990. The number of cyclic esters (lactones) is 2. The van der Waals surface area contributed by atoms with Gasteiger partial charge in [0.25, 0.3) is 0 Å². The van der Waals surface area contributed by atoms with Crippen molar-refractivity contribution in [1.82, 2.24) is 9.80 Å². The van der Waals surface area contributed by atoms with Crippen LogP contribution in [-0.4, -0.2) is 310 Å². The first-order valence-corrected chi connectivity index (χ1v) is 40.9. The Labute approximate surface area is 676 Å². The van der Waals surface area contributed by atoms with Crippen LogP contribution in [0.25, 0.3) is 0 Å². The van der Waals surface area contributed by atoms with E-state index in [9.17, 15) is 60.0 Å². The Morgan fingerprint density at radius 1 is 0.474 bits per heavy atom. The van der Waals surface area contributed by atoms with Crippen LogP contribution in [0.1, 0.15) is 204 Å². The van der Waals surface area contributed by atoms with E-state index in [1.165, 1.54) is 65.9 Å². The molecular formula is C82H144N4O28. The lowest BCUT2D eigenvalue weighted by atomic mass is 9.73. The highest BCUT2D eigenvalue weighted by atomic mass is 16.7. The summed E-state index contributed by atoms with van der Waals surface area (Å²) >= 11 is 0. The van der Waals surface area contributed by atoms with E-state index in [0.717, 1.165) is 0 Å². The van der Waals surface area contributed by atoms with E-state index in [1.54, 1.807) is 137 Å². The summed E-state index contributed by atoms with van der Waals surface area (Å²) in [5, 5.41) is 106. The number of rotatable bonds is 22. The predicted octanol–water partition coefficient (Wildman–Crippen LogP) is 5.89. The van der Waals surface area contributed by atoms with Gasteiger partial charge in [-0.1, -0.05) is 65.7 Å². The van der Waals surface area contributed by atoms with Crippen molar-refractivity contribution in [1.29, 1.82) is 0 Å². The second kappa shape index (κ2) is 40.9. The molecule has 6 rings (SSSR count). The molecule has 0 aromatic carbocycles. The SMILES string of the molecule is CC[C@H]1OC(=O)[C@H](C)[C@@H](O[C@@H]2C[C@](C)(OC)[C@H](O)[C@@H](C)O2)[C@H](C)[C@@H](O[C@H]2O[C@@H](C)C[C@@H](N(C)C(C)=O)[C@@H]2O)[C@@](C)(OC)C[C@@H](C)/C(=N\OC/C=C/CO/N=C2\[C@H](C)C[C@](C)(OC)[C@H](O[C@@H]3O[C@H](C)C[C@H](N(C)C(C)=O)[C@H]3O)[C@@H](C)[C@H](O[C@H]3C[C@@](C)(OC)[C@@H](O)[C@H](C)O3)[C@@H](C)C(=O)O[C@H](CC)[C@@](C)(O)[C@H](O)[C@H]2C)[C@H](C)[C@@H](O)[C@]1(C)O. The smallest absolute Gasteiger partial charge is 0.311 e. The zero-order chi connectivity index (χ0) is 86.2. The minimum absolute atomic E-state index is 0.0250. The Kier molecular flexibility index (Phi) is 35.4. The fourth-order valence-electron chi connectivity index (χ4n) is 18.2. The lowest BCUT2D eigenvalue weighted by molar-refractivity contribution is -0.319. The molecule has 6 aliphatic rings. The first-order chi connectivity index (χ1) is 53.0. The van der Waals surface area contributed by atoms with Crippen LogP contribution in [0.5, 0.6) is 0 Å². The number of methoxy groups -OCH3 is 4. The summed E-state index contributed by atoms with van der Waals surface area (Å²) in [4.78, 5) is 70.8. The molecule has 8 N–H and O–H groups in total. The van der Waals surface area contributed by atoms with Gasteiger partial charge in [0.2, 0.25) is 11.8 Å². The number of oxime groups is 2. The van der Waals surface area contributed by atoms with Gasteiger partial charge in [0.1, 0.15) is 61.0 Å². The van der Waals surface area contributed by atoms with Crippen LogP contribution >= 0.6 is 0 Å². The van der Waals surface area contributed by atoms with Crippen LogP contribution in [0.4, 0.5) is 0 Å². The maximum absolute atomic E-state index is 14.9. The Hall–Kier alpha value is -4.24. The van der Waals surface area contributed by atoms with Crippen molar-refractivity contribution in [3.05, 3.63) is 12.2 Å². The molecule has 6 heterocycles. The average molecular weight is 1630 g/mol. The third kappa shape index (κ3) is 22.3. The van der Waals surface area contributed by atoms with E-state index in [0.29, 0.717) is 0 Å². The molecule has 32 nitrogen and oxygen atoms in total. The molecule has 6 aliphatic heterocycles. The summed E-state index contributed by atoms with van der Waals surface area (Å²) in [6.07, 6.45) is -19.0. The summed E-state index contributed by atoms with van der Waals surface area (Å²) in [6.45, 7) is 36.4. The Morgan fingerprint density at radius 2 is 0.789 bits per heavy atom. The van der Waals surface area contributed by atoms with E-state index < -0.39 is 228 Å². The van der Waals surface area contributed by atoms with Crippen LogP contribution in [0.15, 0.2) is 22.5 Å². The van der Waals surface area contributed by atoms with Crippen LogP contribution in [0, 0.1) is 47.3 Å². The molecule has 660 valence electrons. The largest absolute Gasteiger partial charge is 0.459 e. The number of aliphatic hydroxyl groups excluding tert-OH is 6. The summed E-state index contributed by atoms with van der Waals surface area (Å²) in [5.41, 5.74) is -8.93. The number of carbonyl (C=O) groups is 4. The van der Waals surface area contributed by atoms with Crippen molar-refractivity contribution in [3.8, 4) is 0 Å². The molecule has 0 aliphatic carbocycles. The van der Waals surface area contributed by atoms with Gasteiger partial charge in [0, 0.05) is 105 Å². The van der Waals surface area contributed by atoms with Crippen molar-refractivity contribution in [2.75, 3.05) is 55.7 Å². The highest BCUT2D eigenvalue weighted by molar-refractivity contribution is 5.89.